The molecule has 19 heavy (non-hydrogen) atoms. The number of carbonyl (C=O) groups is 1. The summed E-state index contributed by atoms with van der Waals surface area (Å²) >= 11 is 0. The third-order valence-corrected chi connectivity index (χ3v) is 3.87. The highest BCUT2D eigenvalue weighted by atomic mass is 19.1. The topological polar surface area (TPSA) is 32.3 Å². The van der Waals surface area contributed by atoms with E-state index in [2.05, 4.69) is 5.32 Å². The van der Waals surface area contributed by atoms with E-state index in [1.165, 1.54) is 18.9 Å². The fraction of sp³-hybridized carbons (Fsp3) is 0.533. The van der Waals surface area contributed by atoms with Gasteiger partial charge in [0.05, 0.1) is 6.04 Å². The van der Waals surface area contributed by atoms with Crippen molar-refractivity contribution in [3.63, 3.8) is 0 Å². The highest BCUT2D eigenvalue weighted by Gasteiger charge is 2.35. The molecule has 0 aromatic heterocycles. The summed E-state index contributed by atoms with van der Waals surface area (Å²) in [4.78, 5) is 14.0. The van der Waals surface area contributed by atoms with Crippen LogP contribution in [0.4, 0.5) is 4.39 Å². The van der Waals surface area contributed by atoms with Crippen molar-refractivity contribution >= 4 is 5.91 Å². The van der Waals surface area contributed by atoms with Gasteiger partial charge in [-0.1, -0.05) is 12.1 Å². The minimum atomic E-state index is -0.210. The maximum Gasteiger partial charge on any atom is 0.239 e. The van der Waals surface area contributed by atoms with Crippen molar-refractivity contribution < 1.29 is 9.18 Å². The highest BCUT2D eigenvalue weighted by molar-refractivity contribution is 5.84. The molecule has 4 heteroatoms. The first-order chi connectivity index (χ1) is 9.22. The van der Waals surface area contributed by atoms with Crippen LogP contribution in [0.25, 0.3) is 0 Å². The van der Waals surface area contributed by atoms with Gasteiger partial charge < -0.3 is 10.2 Å². The average Bonchev–Trinajstić information content (AvgIpc) is 3.14. The Balaban J connectivity index is 1.51. The van der Waals surface area contributed by atoms with Crippen LogP contribution in [0.3, 0.4) is 0 Å². The van der Waals surface area contributed by atoms with Gasteiger partial charge in [0, 0.05) is 19.1 Å². The van der Waals surface area contributed by atoms with E-state index in [-0.39, 0.29) is 17.8 Å². The SMILES string of the molecule is O=C1C(NC2CC2)CCN1CCc1cccc(F)c1. The molecule has 0 bridgehead atoms. The number of benzene rings is 1. The molecule has 1 aliphatic heterocycles. The molecule has 1 atom stereocenters. The molecule has 1 aliphatic carbocycles. The van der Waals surface area contributed by atoms with E-state index in [4.69, 9.17) is 0 Å². The zero-order chi connectivity index (χ0) is 13.2. The fourth-order valence-electron chi connectivity index (χ4n) is 2.61. The van der Waals surface area contributed by atoms with Gasteiger partial charge in [-0.2, -0.15) is 0 Å². The van der Waals surface area contributed by atoms with Gasteiger partial charge in [0.15, 0.2) is 0 Å². The molecule has 1 saturated heterocycles. The molecule has 2 fully saturated rings. The Hall–Kier alpha value is -1.42. The van der Waals surface area contributed by atoms with Gasteiger partial charge in [-0.3, -0.25) is 4.79 Å². The Labute approximate surface area is 112 Å². The number of amides is 1. The Morgan fingerprint density at radius 1 is 1.32 bits per heavy atom. The normalized spacial score (nSPS) is 23.1. The van der Waals surface area contributed by atoms with Gasteiger partial charge >= 0.3 is 0 Å². The summed E-state index contributed by atoms with van der Waals surface area (Å²) in [5.74, 6) is 0.00169. The molecular formula is C15H19FN2O. The molecule has 3 rings (SSSR count). The number of nitrogens with zero attached hydrogens (tertiary/aromatic N) is 1. The first-order valence-electron chi connectivity index (χ1n) is 7.01. The monoisotopic (exact) mass is 262 g/mol. The Kier molecular flexibility index (Phi) is 3.51. The number of rotatable bonds is 5. The molecule has 1 amide bonds. The van der Waals surface area contributed by atoms with Crippen molar-refractivity contribution in [1.82, 2.24) is 10.2 Å². The van der Waals surface area contributed by atoms with Crippen molar-refractivity contribution in [3.05, 3.63) is 35.6 Å². The Bertz CT molecular complexity index is 473. The number of hydrogen-bond donors (Lipinski definition) is 1. The third kappa shape index (κ3) is 3.13. The van der Waals surface area contributed by atoms with Crippen LogP contribution < -0.4 is 5.32 Å². The van der Waals surface area contributed by atoms with Crippen molar-refractivity contribution in [2.45, 2.75) is 37.8 Å². The van der Waals surface area contributed by atoms with E-state index in [1.807, 2.05) is 11.0 Å². The van der Waals surface area contributed by atoms with Gasteiger partial charge in [-0.15, -0.1) is 0 Å². The van der Waals surface area contributed by atoms with Crippen molar-refractivity contribution in [1.29, 1.82) is 0 Å². The van der Waals surface area contributed by atoms with Gasteiger partial charge in [0.2, 0.25) is 5.91 Å². The average molecular weight is 262 g/mol. The molecule has 1 unspecified atom stereocenters. The molecule has 1 N–H and O–H groups in total. The number of hydrogen-bond acceptors (Lipinski definition) is 2. The second kappa shape index (κ2) is 5.29. The van der Waals surface area contributed by atoms with Crippen LogP contribution in [0.5, 0.6) is 0 Å². The Morgan fingerprint density at radius 2 is 2.16 bits per heavy atom. The summed E-state index contributed by atoms with van der Waals surface area (Å²) in [6, 6.07) is 7.19. The lowest BCUT2D eigenvalue weighted by Crippen LogP contribution is -2.39. The van der Waals surface area contributed by atoms with Crippen molar-refractivity contribution in [2.75, 3.05) is 13.1 Å². The lowest BCUT2D eigenvalue weighted by atomic mass is 10.1. The van der Waals surface area contributed by atoms with E-state index in [0.29, 0.717) is 12.6 Å². The molecule has 0 spiro atoms. The quantitative estimate of drug-likeness (QED) is 0.876. The molecule has 0 radical (unpaired) electrons. The largest absolute Gasteiger partial charge is 0.341 e. The van der Waals surface area contributed by atoms with Gasteiger partial charge in [0.1, 0.15) is 5.82 Å². The molecule has 102 valence electrons. The maximum absolute atomic E-state index is 13.1. The lowest BCUT2D eigenvalue weighted by molar-refractivity contribution is -0.129. The van der Waals surface area contributed by atoms with Crippen LogP contribution in [0.2, 0.25) is 0 Å². The van der Waals surface area contributed by atoms with E-state index >= 15 is 0 Å². The smallest absolute Gasteiger partial charge is 0.239 e. The Morgan fingerprint density at radius 3 is 2.89 bits per heavy atom. The summed E-state index contributed by atoms with van der Waals surface area (Å²) in [5.41, 5.74) is 0.950. The number of likely N-dealkylation sites (tertiary alicyclic amines) is 1. The summed E-state index contributed by atoms with van der Waals surface area (Å²) in [5, 5.41) is 3.39. The zero-order valence-corrected chi connectivity index (χ0v) is 10.9. The minimum absolute atomic E-state index is 0.0139. The molecule has 1 saturated carbocycles. The fourth-order valence-corrected chi connectivity index (χ4v) is 2.61. The van der Waals surface area contributed by atoms with Crippen LogP contribution in [0.15, 0.2) is 24.3 Å². The molecule has 2 aliphatic rings. The van der Waals surface area contributed by atoms with E-state index in [0.717, 1.165) is 24.9 Å². The van der Waals surface area contributed by atoms with Gasteiger partial charge in [-0.25, -0.2) is 4.39 Å². The van der Waals surface area contributed by atoms with E-state index in [1.54, 1.807) is 12.1 Å². The number of carbonyl (C=O) groups excluding carboxylic acids is 1. The van der Waals surface area contributed by atoms with Crippen molar-refractivity contribution in [2.24, 2.45) is 0 Å². The number of nitrogens with one attached hydrogen (secondary N) is 1. The third-order valence-electron chi connectivity index (χ3n) is 3.87. The van der Waals surface area contributed by atoms with E-state index in [9.17, 15) is 9.18 Å². The molecular weight excluding hydrogens is 243 g/mol. The molecule has 3 nitrogen and oxygen atoms in total. The summed E-state index contributed by atoms with van der Waals surface area (Å²) in [7, 11) is 0. The highest BCUT2D eigenvalue weighted by Crippen LogP contribution is 2.22. The predicted octanol–water partition coefficient (Wildman–Crippen LogP) is 1.72. The van der Waals surface area contributed by atoms with Crippen molar-refractivity contribution in [3.8, 4) is 0 Å². The maximum atomic E-state index is 13.1. The van der Waals surface area contributed by atoms with Crippen LogP contribution in [-0.4, -0.2) is 36.0 Å². The second-order valence-electron chi connectivity index (χ2n) is 5.49. The van der Waals surface area contributed by atoms with Gasteiger partial charge in [-0.05, 0) is 43.4 Å². The van der Waals surface area contributed by atoms with E-state index < -0.39 is 0 Å². The van der Waals surface area contributed by atoms with Crippen LogP contribution in [0.1, 0.15) is 24.8 Å². The first kappa shape index (κ1) is 12.6. The first-order valence-corrected chi connectivity index (χ1v) is 7.01. The summed E-state index contributed by atoms with van der Waals surface area (Å²) < 4.78 is 13.1. The lowest BCUT2D eigenvalue weighted by Gasteiger charge is -2.17. The zero-order valence-electron chi connectivity index (χ0n) is 10.9. The summed E-state index contributed by atoms with van der Waals surface area (Å²) in [6.45, 7) is 1.50. The van der Waals surface area contributed by atoms with Crippen LogP contribution in [-0.2, 0) is 11.2 Å². The minimum Gasteiger partial charge on any atom is -0.341 e. The predicted molar refractivity (Wildman–Crippen MR) is 71.2 cm³/mol. The molecule has 1 heterocycles. The van der Waals surface area contributed by atoms with Gasteiger partial charge in [0.25, 0.3) is 0 Å². The van der Waals surface area contributed by atoms with Crippen LogP contribution in [0, 0.1) is 5.82 Å². The molecule has 1 aromatic carbocycles. The summed E-state index contributed by atoms with van der Waals surface area (Å²) in [6.07, 6.45) is 4.03. The van der Waals surface area contributed by atoms with Crippen LogP contribution >= 0.6 is 0 Å². The second-order valence-corrected chi connectivity index (χ2v) is 5.49. The molecule has 1 aromatic rings. The number of halogens is 1. The standard InChI is InChI=1S/C15H19FN2O/c16-12-3-1-2-11(10-12)6-8-18-9-7-14(15(18)19)17-13-4-5-13/h1-3,10,13-14,17H,4-9H2.